The number of anilines is 2. The molecular formula is C40H28ClF2N3O6. The number of carbonyl (C=O) groups is 4. The van der Waals surface area contributed by atoms with Crippen molar-refractivity contribution in [1.82, 2.24) is 4.98 Å². The lowest BCUT2D eigenvalue weighted by molar-refractivity contribution is -0.131. The standard InChI is InChI=1S/C40H28ClF2N3O6/c1-40-26(37(49)46(39(40)51)22-11-14-28(42)27(41)17-22)18-25-23(34(40)20-8-15-31(47)29(43)16-20)12-13-24-33(25)38(50)45(36(24)48)21-9-6-19(7-10-21)35-44-30-4-2-3-5-32(30)52-35/h2-12,14-17,24-26,33-34,47H,13,18H2,1H3/t24-,25+,26-,33-,34-,40+/m0/s1. The molecule has 260 valence electrons. The van der Waals surface area contributed by atoms with Crippen molar-refractivity contribution in [2.75, 3.05) is 9.80 Å². The summed E-state index contributed by atoms with van der Waals surface area (Å²) < 4.78 is 35.0. The second kappa shape index (κ2) is 11.4. The maximum atomic E-state index is 15.0. The van der Waals surface area contributed by atoms with Gasteiger partial charge in [-0.1, -0.05) is 41.4 Å². The molecule has 9 rings (SSSR count). The van der Waals surface area contributed by atoms with Gasteiger partial charge in [-0.2, -0.15) is 0 Å². The second-order valence-corrected chi connectivity index (χ2v) is 14.4. The first kappa shape index (κ1) is 32.2. The van der Waals surface area contributed by atoms with Crippen LogP contribution in [-0.4, -0.2) is 33.7 Å². The van der Waals surface area contributed by atoms with Crippen LogP contribution in [0.2, 0.25) is 5.02 Å². The van der Waals surface area contributed by atoms with E-state index < -0.39 is 70.1 Å². The number of aromatic nitrogens is 1. The number of phenols is 1. The molecule has 1 aromatic heterocycles. The maximum absolute atomic E-state index is 15.0. The number of imide groups is 2. The third kappa shape index (κ3) is 4.48. The lowest BCUT2D eigenvalue weighted by Gasteiger charge is -2.49. The highest BCUT2D eigenvalue weighted by Gasteiger charge is 2.67. The Bertz CT molecular complexity index is 2390. The lowest BCUT2D eigenvalue weighted by Crippen LogP contribution is -2.48. The molecule has 4 aliphatic rings. The zero-order valence-electron chi connectivity index (χ0n) is 27.4. The van der Waals surface area contributed by atoms with Gasteiger partial charge >= 0.3 is 0 Å². The zero-order chi connectivity index (χ0) is 36.2. The Morgan fingerprint density at radius 2 is 1.60 bits per heavy atom. The fourth-order valence-electron chi connectivity index (χ4n) is 8.97. The molecule has 9 nitrogen and oxygen atoms in total. The van der Waals surface area contributed by atoms with E-state index in [1.165, 1.54) is 29.2 Å². The number of hydrogen-bond donors (Lipinski definition) is 1. The molecule has 0 unspecified atom stereocenters. The van der Waals surface area contributed by atoms with Crippen molar-refractivity contribution >= 4 is 57.7 Å². The van der Waals surface area contributed by atoms with Crippen LogP contribution in [0.15, 0.2) is 101 Å². The Morgan fingerprint density at radius 1 is 0.846 bits per heavy atom. The van der Waals surface area contributed by atoms with Gasteiger partial charge in [0.25, 0.3) is 0 Å². The van der Waals surface area contributed by atoms with Crippen molar-refractivity contribution in [3.63, 3.8) is 0 Å². The first-order valence-electron chi connectivity index (χ1n) is 16.8. The number of carbonyl (C=O) groups excluding carboxylic acids is 4. The highest BCUT2D eigenvalue weighted by molar-refractivity contribution is 6.32. The SMILES string of the molecule is C[C@@]12C(=O)N(c3ccc(F)c(Cl)c3)C(=O)[C@@H]1C[C@@H]1C(=CC[C@@H]3C(=O)N(c4ccc(-c5nc6ccccc6o5)cc4)C(=O)[C@@H]31)[C@@H]2c1ccc(O)c(F)c1. The van der Waals surface area contributed by atoms with Gasteiger partial charge in [0.1, 0.15) is 11.3 Å². The largest absolute Gasteiger partial charge is 0.505 e. The van der Waals surface area contributed by atoms with Crippen LogP contribution in [0.5, 0.6) is 5.75 Å². The summed E-state index contributed by atoms with van der Waals surface area (Å²) in [5, 5.41) is 9.77. The fourth-order valence-corrected chi connectivity index (χ4v) is 9.15. The molecule has 4 aromatic carbocycles. The van der Waals surface area contributed by atoms with Gasteiger partial charge in [-0.15, -0.1) is 0 Å². The van der Waals surface area contributed by atoms with Gasteiger partial charge in [0.2, 0.25) is 29.5 Å². The Balaban J connectivity index is 1.10. The van der Waals surface area contributed by atoms with Crippen LogP contribution in [0.3, 0.4) is 0 Å². The normalized spacial score (nSPS) is 26.8. The Labute approximate surface area is 300 Å². The highest BCUT2D eigenvalue weighted by atomic mass is 35.5. The van der Waals surface area contributed by atoms with Crippen molar-refractivity contribution in [2.24, 2.45) is 29.1 Å². The number of allylic oxidation sites excluding steroid dienone is 2. The topological polar surface area (TPSA) is 121 Å². The summed E-state index contributed by atoms with van der Waals surface area (Å²) >= 11 is 6.06. The van der Waals surface area contributed by atoms with Gasteiger partial charge in [0, 0.05) is 11.5 Å². The molecule has 6 atom stereocenters. The van der Waals surface area contributed by atoms with E-state index in [2.05, 4.69) is 4.98 Å². The molecule has 1 saturated carbocycles. The minimum absolute atomic E-state index is 0.0695. The van der Waals surface area contributed by atoms with E-state index in [1.54, 1.807) is 31.2 Å². The lowest BCUT2D eigenvalue weighted by atomic mass is 9.51. The predicted octanol–water partition coefficient (Wildman–Crippen LogP) is 7.57. The third-order valence-electron chi connectivity index (χ3n) is 11.4. The number of hydrogen-bond acceptors (Lipinski definition) is 7. The van der Waals surface area contributed by atoms with Crippen LogP contribution >= 0.6 is 11.6 Å². The van der Waals surface area contributed by atoms with Crippen LogP contribution in [0.4, 0.5) is 20.2 Å². The highest BCUT2D eigenvalue weighted by Crippen LogP contribution is 2.64. The maximum Gasteiger partial charge on any atom is 0.241 e. The van der Waals surface area contributed by atoms with Crippen molar-refractivity contribution < 1.29 is 37.5 Å². The van der Waals surface area contributed by atoms with Gasteiger partial charge in [0.15, 0.2) is 17.1 Å². The number of fused-ring (bicyclic) bond motifs is 5. The zero-order valence-corrected chi connectivity index (χ0v) is 28.2. The van der Waals surface area contributed by atoms with Crippen LogP contribution in [0.1, 0.15) is 31.2 Å². The molecule has 1 N–H and O–H groups in total. The van der Waals surface area contributed by atoms with E-state index in [0.29, 0.717) is 39.4 Å². The molecule has 0 spiro atoms. The van der Waals surface area contributed by atoms with Crippen LogP contribution in [0.25, 0.3) is 22.6 Å². The van der Waals surface area contributed by atoms with E-state index in [4.69, 9.17) is 16.0 Å². The number of para-hydroxylation sites is 2. The van der Waals surface area contributed by atoms with Crippen molar-refractivity contribution in [3.05, 3.63) is 119 Å². The number of benzene rings is 4. The van der Waals surface area contributed by atoms with Gasteiger partial charge < -0.3 is 9.52 Å². The quantitative estimate of drug-likeness (QED) is 0.150. The number of rotatable bonds is 4. The molecule has 2 saturated heterocycles. The Morgan fingerprint density at radius 3 is 2.33 bits per heavy atom. The van der Waals surface area contributed by atoms with Crippen molar-refractivity contribution in [1.29, 1.82) is 0 Å². The van der Waals surface area contributed by atoms with Gasteiger partial charge in [-0.05, 0) is 98.0 Å². The summed E-state index contributed by atoms with van der Waals surface area (Å²) in [6, 6.07) is 21.5. The average molecular weight is 720 g/mol. The number of phenolic OH excluding ortho intramolecular Hbond substituents is 1. The summed E-state index contributed by atoms with van der Waals surface area (Å²) in [7, 11) is 0. The first-order chi connectivity index (χ1) is 25.0. The van der Waals surface area contributed by atoms with Crippen LogP contribution in [-0.2, 0) is 19.2 Å². The van der Waals surface area contributed by atoms with E-state index in [0.717, 1.165) is 17.0 Å². The summed E-state index contributed by atoms with van der Waals surface area (Å²) in [5.74, 6) is -7.88. The molecule has 12 heteroatoms. The molecule has 0 bridgehead atoms. The number of oxazole rings is 1. The summed E-state index contributed by atoms with van der Waals surface area (Å²) in [6.45, 7) is 1.65. The molecule has 5 aromatic rings. The second-order valence-electron chi connectivity index (χ2n) is 14.0. The number of halogens is 3. The Kier molecular flexibility index (Phi) is 7.08. The molecule has 2 aliphatic carbocycles. The minimum atomic E-state index is -1.46. The summed E-state index contributed by atoms with van der Waals surface area (Å²) in [5.41, 5.74) is 1.97. The van der Waals surface area contributed by atoms with Crippen LogP contribution in [0, 0.1) is 40.7 Å². The molecule has 52 heavy (non-hydrogen) atoms. The molecule has 0 radical (unpaired) electrons. The Hall–Kier alpha value is -5.68. The van der Waals surface area contributed by atoms with Crippen molar-refractivity contribution in [3.8, 4) is 17.2 Å². The fraction of sp³-hybridized carbons (Fsp3) is 0.225. The number of amides is 4. The van der Waals surface area contributed by atoms with E-state index in [9.17, 15) is 33.1 Å². The molecule has 3 heterocycles. The molecule has 2 aliphatic heterocycles. The molecule has 4 amide bonds. The average Bonchev–Trinajstić information content (AvgIpc) is 3.74. The van der Waals surface area contributed by atoms with Crippen molar-refractivity contribution in [2.45, 2.75) is 25.7 Å². The number of nitrogens with zero attached hydrogens (tertiary/aromatic N) is 3. The smallest absolute Gasteiger partial charge is 0.241 e. The van der Waals surface area contributed by atoms with E-state index in [1.807, 2.05) is 30.3 Å². The molecule has 3 fully saturated rings. The summed E-state index contributed by atoms with van der Waals surface area (Å²) in [6.07, 6.45) is 2.11. The van der Waals surface area contributed by atoms with E-state index >= 15 is 0 Å². The van der Waals surface area contributed by atoms with E-state index in [-0.39, 0.29) is 29.5 Å². The van der Waals surface area contributed by atoms with Gasteiger partial charge in [0.05, 0.1) is 39.6 Å². The first-order valence-corrected chi connectivity index (χ1v) is 17.2. The monoisotopic (exact) mass is 719 g/mol. The van der Waals surface area contributed by atoms with Crippen LogP contribution < -0.4 is 9.80 Å². The summed E-state index contributed by atoms with van der Waals surface area (Å²) in [4.78, 5) is 64.0. The third-order valence-corrected chi connectivity index (χ3v) is 11.7. The van der Waals surface area contributed by atoms with Gasteiger partial charge in [-0.25, -0.2) is 18.7 Å². The van der Waals surface area contributed by atoms with Gasteiger partial charge in [-0.3, -0.25) is 24.1 Å². The number of aromatic hydroxyl groups is 1. The minimum Gasteiger partial charge on any atom is -0.505 e. The molecular weight excluding hydrogens is 692 g/mol. The predicted molar refractivity (Wildman–Crippen MR) is 186 cm³/mol.